The van der Waals surface area contributed by atoms with Gasteiger partial charge in [-0.25, -0.2) is 4.98 Å². The van der Waals surface area contributed by atoms with Crippen molar-refractivity contribution in [2.75, 3.05) is 25.6 Å². The maximum Gasteiger partial charge on any atom is 0.264 e. The van der Waals surface area contributed by atoms with Crippen molar-refractivity contribution >= 4 is 22.4 Å². The van der Waals surface area contributed by atoms with E-state index in [1.54, 1.807) is 25.3 Å². The Bertz CT molecular complexity index is 893. The van der Waals surface area contributed by atoms with E-state index in [4.69, 9.17) is 14.2 Å². The Morgan fingerprint density at radius 2 is 1.85 bits per heavy atom. The van der Waals surface area contributed by atoms with Crippen LogP contribution in [0.2, 0.25) is 0 Å². The number of carbonyl (C=O) groups excluding carboxylic acids is 1. The number of amides is 1. The molecule has 0 saturated heterocycles. The smallest absolute Gasteiger partial charge is 0.264 e. The largest absolute Gasteiger partial charge is 0.497 e. The zero-order chi connectivity index (χ0) is 19.1. The first-order chi connectivity index (χ1) is 13.2. The fourth-order valence-corrected chi connectivity index (χ4v) is 3.08. The molecule has 0 aliphatic carbocycles. The molecule has 0 saturated carbocycles. The van der Waals surface area contributed by atoms with Gasteiger partial charge < -0.3 is 14.2 Å². The maximum absolute atomic E-state index is 12.1. The summed E-state index contributed by atoms with van der Waals surface area (Å²) in [5, 5.41) is 5.17. The lowest BCUT2D eigenvalue weighted by Gasteiger charge is -2.07. The Morgan fingerprint density at radius 1 is 1.07 bits per heavy atom. The van der Waals surface area contributed by atoms with Gasteiger partial charge in [0.05, 0.1) is 19.4 Å². The number of anilines is 1. The number of nitrogens with zero attached hydrogens (tertiary/aromatic N) is 1. The fraction of sp³-hybridized carbons (Fsp3) is 0.200. The Morgan fingerprint density at radius 3 is 2.59 bits per heavy atom. The standard InChI is InChI=1S/C20H20N2O4S/c1-3-25-15-9-7-14(8-10-15)18-13-27-20(21-18)22-19(23)12-26-17-6-4-5-16(11-17)24-2/h4-11,13H,3,12H2,1-2H3,(H,21,22,23). The Labute approximate surface area is 161 Å². The molecule has 27 heavy (non-hydrogen) atoms. The van der Waals surface area contributed by atoms with Gasteiger partial charge in [0.25, 0.3) is 5.91 Å². The number of benzene rings is 2. The highest BCUT2D eigenvalue weighted by atomic mass is 32.1. The van der Waals surface area contributed by atoms with E-state index in [9.17, 15) is 4.79 Å². The molecule has 0 bridgehead atoms. The maximum atomic E-state index is 12.1. The highest BCUT2D eigenvalue weighted by molar-refractivity contribution is 7.14. The normalized spacial score (nSPS) is 10.3. The molecule has 6 nitrogen and oxygen atoms in total. The number of thiazole rings is 1. The first-order valence-electron chi connectivity index (χ1n) is 8.43. The number of methoxy groups -OCH3 is 1. The van der Waals surface area contributed by atoms with Crippen LogP contribution in [0.5, 0.6) is 17.2 Å². The lowest BCUT2D eigenvalue weighted by Crippen LogP contribution is -2.20. The summed E-state index contributed by atoms with van der Waals surface area (Å²) in [5.74, 6) is 1.79. The average molecular weight is 384 g/mol. The molecule has 3 aromatic rings. The Hall–Kier alpha value is -3.06. The second kappa shape index (κ2) is 9.05. The summed E-state index contributed by atoms with van der Waals surface area (Å²) < 4.78 is 16.0. The zero-order valence-electron chi connectivity index (χ0n) is 15.1. The molecule has 7 heteroatoms. The van der Waals surface area contributed by atoms with E-state index in [0.717, 1.165) is 17.0 Å². The molecular weight excluding hydrogens is 364 g/mol. The minimum Gasteiger partial charge on any atom is -0.497 e. The van der Waals surface area contributed by atoms with E-state index in [1.165, 1.54) is 11.3 Å². The molecule has 0 spiro atoms. The van der Waals surface area contributed by atoms with E-state index in [2.05, 4.69) is 10.3 Å². The minimum absolute atomic E-state index is 0.106. The van der Waals surface area contributed by atoms with Crippen molar-refractivity contribution in [3.05, 3.63) is 53.9 Å². The van der Waals surface area contributed by atoms with Crippen molar-refractivity contribution < 1.29 is 19.0 Å². The van der Waals surface area contributed by atoms with Gasteiger partial charge in [-0.2, -0.15) is 0 Å². The number of hydrogen-bond acceptors (Lipinski definition) is 6. The van der Waals surface area contributed by atoms with Gasteiger partial charge in [0, 0.05) is 17.0 Å². The third-order valence-corrected chi connectivity index (χ3v) is 4.38. The third kappa shape index (κ3) is 5.21. The van der Waals surface area contributed by atoms with E-state index in [-0.39, 0.29) is 12.5 Å². The molecule has 0 aliphatic heterocycles. The molecule has 1 aromatic heterocycles. The molecule has 2 aromatic carbocycles. The van der Waals surface area contributed by atoms with E-state index in [0.29, 0.717) is 23.2 Å². The van der Waals surface area contributed by atoms with Crippen molar-refractivity contribution in [1.82, 2.24) is 4.98 Å². The summed E-state index contributed by atoms with van der Waals surface area (Å²) in [6, 6.07) is 14.8. The van der Waals surface area contributed by atoms with Gasteiger partial charge in [0.2, 0.25) is 0 Å². The van der Waals surface area contributed by atoms with Crippen molar-refractivity contribution in [3.63, 3.8) is 0 Å². The van der Waals surface area contributed by atoms with Gasteiger partial charge >= 0.3 is 0 Å². The minimum atomic E-state index is -0.273. The Kier molecular flexibility index (Phi) is 6.27. The van der Waals surface area contributed by atoms with Gasteiger partial charge in [-0.15, -0.1) is 11.3 Å². The van der Waals surface area contributed by atoms with E-state index in [1.807, 2.05) is 42.6 Å². The zero-order valence-corrected chi connectivity index (χ0v) is 15.9. The SMILES string of the molecule is CCOc1ccc(-c2csc(NC(=O)COc3cccc(OC)c3)n2)cc1. The number of hydrogen-bond donors (Lipinski definition) is 1. The predicted octanol–water partition coefficient (Wildman–Crippen LogP) is 4.23. The molecule has 140 valence electrons. The predicted molar refractivity (Wildman–Crippen MR) is 106 cm³/mol. The fourth-order valence-electron chi connectivity index (χ4n) is 2.35. The van der Waals surface area contributed by atoms with Crippen molar-refractivity contribution in [2.45, 2.75) is 6.92 Å². The van der Waals surface area contributed by atoms with E-state index < -0.39 is 0 Å². The summed E-state index contributed by atoms with van der Waals surface area (Å²) in [6.45, 7) is 2.47. The van der Waals surface area contributed by atoms with Crippen LogP contribution < -0.4 is 19.5 Å². The molecule has 1 amide bonds. The van der Waals surface area contributed by atoms with Gasteiger partial charge in [0.1, 0.15) is 17.2 Å². The quantitative estimate of drug-likeness (QED) is 0.629. The molecule has 1 heterocycles. The number of carbonyl (C=O) groups is 1. The van der Waals surface area contributed by atoms with Gasteiger partial charge in [-0.3, -0.25) is 10.1 Å². The van der Waals surface area contributed by atoms with Crippen molar-refractivity contribution in [1.29, 1.82) is 0 Å². The number of ether oxygens (including phenoxy) is 3. The number of nitrogens with one attached hydrogen (secondary N) is 1. The Balaban J connectivity index is 1.55. The molecule has 0 aliphatic rings. The van der Waals surface area contributed by atoms with Crippen LogP contribution in [0.4, 0.5) is 5.13 Å². The lowest BCUT2D eigenvalue weighted by atomic mass is 10.2. The topological polar surface area (TPSA) is 69.7 Å². The molecular formula is C20H20N2O4S. The molecule has 0 radical (unpaired) electrons. The van der Waals surface area contributed by atoms with Crippen molar-refractivity contribution in [2.24, 2.45) is 0 Å². The second-order valence-electron chi connectivity index (χ2n) is 5.51. The van der Waals surface area contributed by atoms with Gasteiger partial charge in [-0.05, 0) is 43.3 Å². The first kappa shape index (κ1) is 18.7. The van der Waals surface area contributed by atoms with Crippen LogP contribution in [0, 0.1) is 0 Å². The van der Waals surface area contributed by atoms with Gasteiger partial charge in [0.15, 0.2) is 11.7 Å². The molecule has 0 atom stereocenters. The summed E-state index contributed by atoms with van der Waals surface area (Å²) in [4.78, 5) is 16.5. The van der Waals surface area contributed by atoms with Crippen LogP contribution in [-0.2, 0) is 4.79 Å². The molecule has 0 fully saturated rings. The summed E-state index contributed by atoms with van der Waals surface area (Å²) >= 11 is 1.37. The van der Waals surface area contributed by atoms with Crippen molar-refractivity contribution in [3.8, 4) is 28.5 Å². The van der Waals surface area contributed by atoms with Crippen LogP contribution >= 0.6 is 11.3 Å². The second-order valence-corrected chi connectivity index (χ2v) is 6.37. The first-order valence-corrected chi connectivity index (χ1v) is 9.31. The molecule has 0 unspecified atom stereocenters. The van der Waals surface area contributed by atoms with Crippen LogP contribution in [-0.4, -0.2) is 31.2 Å². The third-order valence-electron chi connectivity index (χ3n) is 3.62. The summed E-state index contributed by atoms with van der Waals surface area (Å²) in [7, 11) is 1.58. The van der Waals surface area contributed by atoms with Crippen LogP contribution in [0.25, 0.3) is 11.3 Å². The highest BCUT2D eigenvalue weighted by Gasteiger charge is 2.09. The van der Waals surface area contributed by atoms with Crippen LogP contribution in [0.15, 0.2) is 53.9 Å². The summed E-state index contributed by atoms with van der Waals surface area (Å²) in [5.41, 5.74) is 1.76. The molecule has 3 rings (SSSR count). The lowest BCUT2D eigenvalue weighted by molar-refractivity contribution is -0.118. The van der Waals surface area contributed by atoms with Gasteiger partial charge in [-0.1, -0.05) is 6.07 Å². The number of aromatic nitrogens is 1. The van der Waals surface area contributed by atoms with Crippen LogP contribution in [0.3, 0.4) is 0 Å². The van der Waals surface area contributed by atoms with E-state index >= 15 is 0 Å². The number of rotatable bonds is 8. The molecule has 1 N–H and O–H groups in total. The monoisotopic (exact) mass is 384 g/mol. The highest BCUT2D eigenvalue weighted by Crippen LogP contribution is 2.26. The summed E-state index contributed by atoms with van der Waals surface area (Å²) in [6.07, 6.45) is 0. The van der Waals surface area contributed by atoms with Crippen LogP contribution in [0.1, 0.15) is 6.92 Å². The average Bonchev–Trinajstić information content (AvgIpc) is 3.16.